The normalized spacial score (nSPS) is 41.2. The summed E-state index contributed by atoms with van der Waals surface area (Å²) >= 11 is 0. The Balaban J connectivity index is 1.08. The number of fused-ring (bicyclic) bond motifs is 2. The summed E-state index contributed by atoms with van der Waals surface area (Å²) in [6, 6.07) is 0. The molecule has 0 aromatic rings. The van der Waals surface area contributed by atoms with Gasteiger partial charge in [-0.1, -0.05) is 43.9 Å². The van der Waals surface area contributed by atoms with Crippen molar-refractivity contribution in [3.63, 3.8) is 0 Å². The largest absolute Gasteiger partial charge is 0.462 e. The van der Waals surface area contributed by atoms with E-state index in [-0.39, 0.29) is 18.0 Å². The van der Waals surface area contributed by atoms with Crippen molar-refractivity contribution in [1.82, 2.24) is 0 Å². The van der Waals surface area contributed by atoms with Crippen LogP contribution < -0.4 is 0 Å². The maximum Gasteiger partial charge on any atom is 0.309 e. The molecule has 0 heterocycles. The molecular weight excluding hydrogens is 380 g/mol. The van der Waals surface area contributed by atoms with Gasteiger partial charge in [-0.25, -0.2) is 0 Å². The van der Waals surface area contributed by atoms with Crippen molar-refractivity contribution in [3.8, 4) is 11.8 Å². The van der Waals surface area contributed by atoms with Crippen LogP contribution in [0, 0.1) is 53.3 Å². The summed E-state index contributed by atoms with van der Waals surface area (Å²) < 4.78 is 5.91. The molecule has 31 heavy (non-hydrogen) atoms. The Morgan fingerprint density at radius 3 is 1.84 bits per heavy atom. The van der Waals surface area contributed by atoms with Crippen molar-refractivity contribution in [2.24, 2.45) is 41.4 Å². The second kappa shape index (κ2) is 10.3. The predicted molar refractivity (Wildman–Crippen MR) is 125 cm³/mol. The van der Waals surface area contributed by atoms with E-state index in [0.29, 0.717) is 11.8 Å². The molecule has 5 rings (SSSR count). The van der Waals surface area contributed by atoms with Crippen LogP contribution in [0.3, 0.4) is 0 Å². The van der Waals surface area contributed by atoms with E-state index in [4.69, 9.17) is 4.74 Å². The summed E-state index contributed by atoms with van der Waals surface area (Å²) in [5.74, 6) is 12.7. The van der Waals surface area contributed by atoms with Gasteiger partial charge in [-0.15, -0.1) is 0 Å². The fourth-order valence-corrected chi connectivity index (χ4v) is 7.92. The number of carbonyl (C=O) groups is 1. The molecule has 0 spiro atoms. The number of hydrogen-bond acceptors (Lipinski definition) is 2. The number of carbonyl (C=O) groups excluding carboxylic acids is 1. The van der Waals surface area contributed by atoms with E-state index in [0.717, 1.165) is 49.4 Å². The SMILES string of the molecule is O=C(OC1CCCCC1)C1CCC2CC(C#CC3CCC4CCCCC4C3)CCC2C1. The van der Waals surface area contributed by atoms with Crippen LogP contribution in [0.25, 0.3) is 0 Å². The average molecular weight is 425 g/mol. The monoisotopic (exact) mass is 424 g/mol. The molecule has 2 heteroatoms. The molecule has 5 aliphatic rings. The van der Waals surface area contributed by atoms with E-state index in [9.17, 15) is 4.79 Å². The van der Waals surface area contributed by atoms with Gasteiger partial charge in [-0.3, -0.25) is 4.79 Å². The second-order valence-electron chi connectivity index (χ2n) is 11.8. The number of hydrogen-bond donors (Lipinski definition) is 0. The molecule has 0 aromatic carbocycles. The number of esters is 1. The molecular formula is C29H44O2. The van der Waals surface area contributed by atoms with Crippen LogP contribution >= 0.6 is 0 Å². The first-order chi connectivity index (χ1) is 15.2. The molecule has 0 N–H and O–H groups in total. The Kier molecular flexibility index (Phi) is 7.27. The highest BCUT2D eigenvalue weighted by Gasteiger charge is 2.39. The standard InChI is InChI=1S/C29H44O2/c30-29(31-28-8-2-1-3-9-28)27-17-16-25-19-22(13-15-26(25)20-27)11-10-21-12-14-23-6-4-5-7-24(23)18-21/h21-28H,1-9,12-20H2. The van der Waals surface area contributed by atoms with Crippen LogP contribution in [0.2, 0.25) is 0 Å². The van der Waals surface area contributed by atoms with Gasteiger partial charge in [-0.05, 0) is 107 Å². The first-order valence-electron chi connectivity index (χ1n) is 14.0. The molecule has 7 unspecified atom stereocenters. The Hall–Kier alpha value is -0.970. The molecule has 0 amide bonds. The van der Waals surface area contributed by atoms with Crippen molar-refractivity contribution < 1.29 is 9.53 Å². The van der Waals surface area contributed by atoms with Gasteiger partial charge < -0.3 is 4.74 Å². The molecule has 7 atom stereocenters. The first-order valence-corrected chi connectivity index (χ1v) is 14.0. The lowest BCUT2D eigenvalue weighted by Gasteiger charge is -2.41. The van der Waals surface area contributed by atoms with Crippen molar-refractivity contribution in [2.75, 3.05) is 0 Å². The van der Waals surface area contributed by atoms with E-state index >= 15 is 0 Å². The minimum atomic E-state index is 0.130. The Morgan fingerprint density at radius 2 is 1.10 bits per heavy atom. The molecule has 0 radical (unpaired) electrons. The maximum absolute atomic E-state index is 12.7. The summed E-state index contributed by atoms with van der Waals surface area (Å²) in [5.41, 5.74) is 0. The van der Waals surface area contributed by atoms with Crippen molar-refractivity contribution in [2.45, 2.75) is 122 Å². The third kappa shape index (κ3) is 5.51. The van der Waals surface area contributed by atoms with Crippen LogP contribution in [0.15, 0.2) is 0 Å². The summed E-state index contributed by atoms with van der Waals surface area (Å²) in [7, 11) is 0. The van der Waals surface area contributed by atoms with Crippen LogP contribution in [0.5, 0.6) is 0 Å². The van der Waals surface area contributed by atoms with E-state index in [1.807, 2.05) is 0 Å². The van der Waals surface area contributed by atoms with Crippen LogP contribution in [-0.2, 0) is 9.53 Å². The van der Waals surface area contributed by atoms with Gasteiger partial charge in [0.15, 0.2) is 0 Å². The predicted octanol–water partition coefficient (Wildman–Crippen LogP) is 7.30. The van der Waals surface area contributed by atoms with E-state index in [2.05, 4.69) is 11.8 Å². The van der Waals surface area contributed by atoms with Gasteiger partial charge >= 0.3 is 5.97 Å². The quantitative estimate of drug-likeness (QED) is 0.343. The van der Waals surface area contributed by atoms with Gasteiger partial charge in [0, 0.05) is 11.8 Å². The minimum absolute atomic E-state index is 0.130. The molecule has 0 aliphatic heterocycles. The highest BCUT2D eigenvalue weighted by molar-refractivity contribution is 5.72. The third-order valence-electron chi connectivity index (χ3n) is 9.81. The third-order valence-corrected chi connectivity index (χ3v) is 9.81. The second-order valence-corrected chi connectivity index (χ2v) is 11.8. The minimum Gasteiger partial charge on any atom is -0.462 e. The fourth-order valence-electron chi connectivity index (χ4n) is 7.92. The molecule has 0 bridgehead atoms. The molecule has 0 aromatic heterocycles. The Labute approximate surface area is 190 Å². The summed E-state index contributed by atoms with van der Waals surface area (Å²) in [5, 5.41) is 0. The molecule has 5 aliphatic carbocycles. The first kappa shape index (κ1) is 21.9. The van der Waals surface area contributed by atoms with Crippen LogP contribution in [-0.4, -0.2) is 12.1 Å². The van der Waals surface area contributed by atoms with Crippen LogP contribution in [0.1, 0.15) is 116 Å². The lowest BCUT2D eigenvalue weighted by Crippen LogP contribution is -2.35. The van der Waals surface area contributed by atoms with E-state index in [1.165, 1.54) is 89.9 Å². The molecule has 2 nitrogen and oxygen atoms in total. The zero-order chi connectivity index (χ0) is 21.0. The van der Waals surface area contributed by atoms with Crippen molar-refractivity contribution in [3.05, 3.63) is 0 Å². The summed E-state index contributed by atoms with van der Waals surface area (Å²) in [6.07, 6.45) is 23.5. The number of rotatable bonds is 2. The summed E-state index contributed by atoms with van der Waals surface area (Å²) in [6.45, 7) is 0. The molecule has 0 saturated heterocycles. The van der Waals surface area contributed by atoms with Crippen LogP contribution in [0.4, 0.5) is 0 Å². The lowest BCUT2D eigenvalue weighted by atomic mass is 9.64. The molecule has 172 valence electrons. The van der Waals surface area contributed by atoms with Crippen molar-refractivity contribution >= 4 is 5.97 Å². The number of ether oxygens (including phenoxy) is 1. The smallest absolute Gasteiger partial charge is 0.309 e. The Morgan fingerprint density at radius 1 is 0.548 bits per heavy atom. The van der Waals surface area contributed by atoms with E-state index in [1.54, 1.807) is 0 Å². The van der Waals surface area contributed by atoms with Gasteiger partial charge in [0.1, 0.15) is 6.10 Å². The average Bonchev–Trinajstić information content (AvgIpc) is 2.82. The zero-order valence-electron chi connectivity index (χ0n) is 19.7. The fraction of sp³-hybridized carbons (Fsp3) is 0.897. The maximum atomic E-state index is 12.7. The van der Waals surface area contributed by atoms with Gasteiger partial charge in [0.25, 0.3) is 0 Å². The van der Waals surface area contributed by atoms with E-state index < -0.39 is 0 Å². The molecule has 5 fully saturated rings. The molecule has 5 saturated carbocycles. The summed E-state index contributed by atoms with van der Waals surface area (Å²) in [4.78, 5) is 12.7. The van der Waals surface area contributed by atoms with Gasteiger partial charge in [0.05, 0.1) is 5.92 Å². The van der Waals surface area contributed by atoms with Crippen molar-refractivity contribution in [1.29, 1.82) is 0 Å². The Bertz CT molecular complexity index is 666. The highest BCUT2D eigenvalue weighted by Crippen LogP contribution is 2.46. The lowest BCUT2D eigenvalue weighted by molar-refractivity contribution is -0.158. The highest BCUT2D eigenvalue weighted by atomic mass is 16.5. The topological polar surface area (TPSA) is 26.3 Å². The zero-order valence-corrected chi connectivity index (χ0v) is 19.7. The van der Waals surface area contributed by atoms with Gasteiger partial charge in [0.2, 0.25) is 0 Å². The van der Waals surface area contributed by atoms with Gasteiger partial charge in [-0.2, -0.15) is 0 Å².